The van der Waals surface area contributed by atoms with E-state index in [1.165, 1.54) is 15.4 Å². The Bertz CT molecular complexity index is 890. The van der Waals surface area contributed by atoms with Crippen molar-refractivity contribution >= 4 is 11.3 Å². The largest absolute Gasteiger partial charge is 0.440 e. The normalized spacial score (nSPS) is 10.8. The molecule has 0 atom stereocenters. The molecule has 0 N–H and O–H groups in total. The number of nitrogens with zero attached hydrogens (tertiary/aromatic N) is 2. The topological polar surface area (TPSA) is 38.9 Å². The molecular formula is C24H26N2OS. The lowest BCUT2D eigenvalue weighted by molar-refractivity contribution is 0.481. The Morgan fingerprint density at radius 1 is 0.714 bits per heavy atom. The number of aromatic nitrogens is 2. The fourth-order valence-corrected chi connectivity index (χ4v) is 3.51. The van der Waals surface area contributed by atoms with Crippen LogP contribution in [-0.4, -0.2) is 9.97 Å². The molecule has 0 bridgehead atoms. The van der Waals surface area contributed by atoms with Gasteiger partial charge in [-0.2, -0.15) is 0 Å². The van der Waals surface area contributed by atoms with E-state index in [1.54, 1.807) is 17.5 Å². The van der Waals surface area contributed by atoms with Crippen molar-refractivity contribution in [2.75, 3.05) is 0 Å². The van der Waals surface area contributed by atoms with E-state index in [1.807, 2.05) is 42.6 Å². The first-order valence-corrected chi connectivity index (χ1v) is 10.4. The van der Waals surface area contributed by atoms with Crippen LogP contribution >= 0.6 is 11.3 Å². The third kappa shape index (κ3) is 5.17. The second-order valence-electron chi connectivity index (χ2n) is 7.17. The number of thiazole rings is 1. The van der Waals surface area contributed by atoms with Crippen LogP contribution in [0.2, 0.25) is 0 Å². The first-order valence-electron chi connectivity index (χ1n) is 9.57. The Morgan fingerprint density at radius 3 is 1.82 bits per heavy atom. The average Bonchev–Trinajstić information content (AvgIpc) is 3.40. The van der Waals surface area contributed by atoms with Gasteiger partial charge in [-0.3, -0.25) is 0 Å². The van der Waals surface area contributed by atoms with Crippen molar-refractivity contribution in [2.45, 2.75) is 39.5 Å². The summed E-state index contributed by atoms with van der Waals surface area (Å²) in [5.74, 6) is 2.50. The highest BCUT2D eigenvalue weighted by Gasteiger charge is 2.08. The van der Waals surface area contributed by atoms with Gasteiger partial charge in [0.25, 0.3) is 0 Å². The maximum atomic E-state index is 5.62. The van der Waals surface area contributed by atoms with Crippen LogP contribution in [0.15, 0.2) is 77.5 Å². The molecule has 0 aliphatic heterocycles. The summed E-state index contributed by atoms with van der Waals surface area (Å²) in [7, 11) is 0. The Balaban J connectivity index is 0.000000161. The highest BCUT2D eigenvalue weighted by Crippen LogP contribution is 2.29. The van der Waals surface area contributed by atoms with Crippen LogP contribution in [-0.2, 0) is 0 Å². The van der Waals surface area contributed by atoms with Gasteiger partial charge in [0.1, 0.15) is 0 Å². The summed E-state index contributed by atoms with van der Waals surface area (Å²) in [6, 6.07) is 20.4. The zero-order valence-corrected chi connectivity index (χ0v) is 17.6. The van der Waals surface area contributed by atoms with E-state index in [4.69, 9.17) is 4.42 Å². The molecule has 0 radical (unpaired) electrons. The minimum atomic E-state index is 0.340. The van der Waals surface area contributed by atoms with Gasteiger partial charge in [-0.1, -0.05) is 88.4 Å². The predicted molar refractivity (Wildman–Crippen MR) is 118 cm³/mol. The Hall–Kier alpha value is -2.72. The van der Waals surface area contributed by atoms with Crippen molar-refractivity contribution < 1.29 is 4.42 Å². The molecule has 0 saturated carbocycles. The third-order valence-corrected chi connectivity index (χ3v) is 5.50. The summed E-state index contributed by atoms with van der Waals surface area (Å²) in [4.78, 5) is 9.89. The van der Waals surface area contributed by atoms with Crippen molar-refractivity contribution in [1.29, 1.82) is 0 Å². The Labute approximate surface area is 171 Å². The number of oxazole rings is 1. The highest BCUT2D eigenvalue weighted by atomic mass is 32.1. The van der Waals surface area contributed by atoms with E-state index >= 15 is 0 Å². The predicted octanol–water partition coefficient (Wildman–Crippen LogP) is 7.40. The van der Waals surface area contributed by atoms with Crippen molar-refractivity contribution in [1.82, 2.24) is 9.97 Å². The molecule has 144 valence electrons. The van der Waals surface area contributed by atoms with Crippen molar-refractivity contribution in [3.05, 3.63) is 84.0 Å². The maximum absolute atomic E-state index is 5.62. The molecule has 0 aliphatic carbocycles. The molecule has 0 unspecified atom stereocenters. The second-order valence-corrected chi connectivity index (χ2v) is 8.23. The van der Waals surface area contributed by atoms with E-state index in [2.05, 4.69) is 61.9 Å². The van der Waals surface area contributed by atoms with E-state index in [-0.39, 0.29) is 0 Å². The van der Waals surface area contributed by atoms with Crippen LogP contribution in [0.4, 0.5) is 0 Å². The van der Waals surface area contributed by atoms with Crippen LogP contribution < -0.4 is 0 Å². The lowest BCUT2D eigenvalue weighted by atomic mass is 10.2. The van der Waals surface area contributed by atoms with Crippen LogP contribution in [0.3, 0.4) is 0 Å². The molecule has 28 heavy (non-hydrogen) atoms. The molecule has 0 aliphatic rings. The fraction of sp³-hybridized carbons (Fsp3) is 0.250. The lowest BCUT2D eigenvalue weighted by Crippen LogP contribution is -1.84. The van der Waals surface area contributed by atoms with Gasteiger partial charge in [0, 0.05) is 23.6 Å². The molecule has 2 aromatic heterocycles. The minimum absolute atomic E-state index is 0.340. The molecular weight excluding hydrogens is 364 g/mol. The van der Waals surface area contributed by atoms with Crippen LogP contribution in [0.25, 0.3) is 21.8 Å². The number of rotatable bonds is 4. The molecule has 3 nitrogen and oxygen atoms in total. The summed E-state index contributed by atoms with van der Waals surface area (Å²) < 4.78 is 5.62. The SMILES string of the molecule is CC(C)c1ncc(-c2ccccc2)o1.CC(C)c1ncc(-c2ccccc2)s1. The van der Waals surface area contributed by atoms with Crippen LogP contribution in [0.1, 0.15) is 50.4 Å². The lowest BCUT2D eigenvalue weighted by Gasteiger charge is -1.97. The van der Waals surface area contributed by atoms with Gasteiger partial charge >= 0.3 is 0 Å². The first-order chi connectivity index (χ1) is 13.5. The summed E-state index contributed by atoms with van der Waals surface area (Å²) in [5, 5.41) is 1.21. The molecule has 0 spiro atoms. The molecule has 4 aromatic rings. The fourth-order valence-electron chi connectivity index (χ4n) is 2.58. The standard InChI is InChI=1S/C12H13NO.C12H13NS/c2*1-9(2)12-13-8-11(14-12)10-6-4-3-5-7-10/h2*3-9H,1-2H3. The Kier molecular flexibility index (Phi) is 6.77. The third-order valence-electron chi connectivity index (χ3n) is 4.15. The second kappa shape index (κ2) is 9.47. The molecule has 4 heteroatoms. The minimum Gasteiger partial charge on any atom is -0.440 e. The monoisotopic (exact) mass is 390 g/mol. The molecule has 2 heterocycles. The van der Waals surface area contributed by atoms with Crippen LogP contribution in [0.5, 0.6) is 0 Å². The number of benzene rings is 2. The highest BCUT2D eigenvalue weighted by molar-refractivity contribution is 7.15. The summed E-state index contributed by atoms with van der Waals surface area (Å²) in [6.07, 6.45) is 3.75. The van der Waals surface area contributed by atoms with E-state index in [0.29, 0.717) is 11.8 Å². The van der Waals surface area contributed by atoms with E-state index in [9.17, 15) is 0 Å². The summed E-state index contributed by atoms with van der Waals surface area (Å²) in [5.41, 5.74) is 2.34. The van der Waals surface area contributed by atoms with Gasteiger partial charge in [-0.25, -0.2) is 9.97 Å². The maximum Gasteiger partial charge on any atom is 0.197 e. The van der Waals surface area contributed by atoms with Gasteiger partial charge in [0.2, 0.25) is 0 Å². The molecule has 0 fully saturated rings. The summed E-state index contributed by atoms with van der Waals surface area (Å²) in [6.45, 7) is 8.49. The zero-order valence-electron chi connectivity index (χ0n) is 16.8. The quantitative estimate of drug-likeness (QED) is 0.364. The van der Waals surface area contributed by atoms with Crippen LogP contribution in [0, 0.1) is 0 Å². The smallest absolute Gasteiger partial charge is 0.197 e. The number of hydrogen-bond donors (Lipinski definition) is 0. The molecule has 2 aromatic carbocycles. The van der Waals surface area contributed by atoms with Gasteiger partial charge in [0.15, 0.2) is 11.7 Å². The van der Waals surface area contributed by atoms with Crippen molar-refractivity contribution in [2.24, 2.45) is 0 Å². The molecule has 4 rings (SSSR count). The first kappa shape index (κ1) is 20.0. The molecule has 0 amide bonds. The van der Waals surface area contributed by atoms with Crippen molar-refractivity contribution in [3.63, 3.8) is 0 Å². The van der Waals surface area contributed by atoms with Gasteiger partial charge in [-0.15, -0.1) is 11.3 Å². The van der Waals surface area contributed by atoms with Gasteiger partial charge in [-0.05, 0) is 5.56 Å². The van der Waals surface area contributed by atoms with E-state index in [0.717, 1.165) is 17.2 Å². The van der Waals surface area contributed by atoms with E-state index < -0.39 is 0 Å². The van der Waals surface area contributed by atoms with Gasteiger partial charge < -0.3 is 4.42 Å². The molecule has 0 saturated heterocycles. The number of hydrogen-bond acceptors (Lipinski definition) is 4. The average molecular weight is 391 g/mol. The summed E-state index contributed by atoms with van der Waals surface area (Å²) >= 11 is 1.78. The van der Waals surface area contributed by atoms with Crippen molar-refractivity contribution in [3.8, 4) is 21.8 Å². The zero-order chi connectivity index (χ0) is 19.9. The Morgan fingerprint density at radius 2 is 1.32 bits per heavy atom. The van der Waals surface area contributed by atoms with Gasteiger partial charge in [0.05, 0.1) is 16.1 Å².